The van der Waals surface area contributed by atoms with Crippen LogP contribution < -0.4 is 10.1 Å². The number of rotatable bonds is 1. The molecule has 1 N–H and O–H groups in total. The van der Waals surface area contributed by atoms with E-state index in [1.165, 1.54) is 12.1 Å². The molecule has 2 aromatic rings. The van der Waals surface area contributed by atoms with Gasteiger partial charge >= 0.3 is 0 Å². The highest BCUT2D eigenvalue weighted by Crippen LogP contribution is 2.38. The molecule has 4 heteroatoms. The molecule has 2 atom stereocenters. The fraction of sp³-hybridized carbons (Fsp3) is 0.200. The van der Waals surface area contributed by atoms with Crippen LogP contribution in [0.3, 0.4) is 0 Å². The van der Waals surface area contributed by atoms with Crippen LogP contribution in [0.15, 0.2) is 46.9 Å². The van der Waals surface area contributed by atoms with Crippen molar-refractivity contribution in [3.8, 4) is 5.75 Å². The predicted molar refractivity (Wildman–Crippen MR) is 77.0 cm³/mol. The van der Waals surface area contributed by atoms with Gasteiger partial charge in [-0.25, -0.2) is 4.39 Å². The first-order chi connectivity index (χ1) is 9.13. The summed E-state index contributed by atoms with van der Waals surface area (Å²) in [6.07, 6.45) is -0.0875. The minimum atomic E-state index is -0.261. The normalized spacial score (nSPS) is 21.2. The van der Waals surface area contributed by atoms with Gasteiger partial charge in [0.15, 0.2) is 0 Å². The Morgan fingerprint density at radius 1 is 1.21 bits per heavy atom. The number of halogens is 2. The molecule has 0 aliphatic carbocycles. The summed E-state index contributed by atoms with van der Waals surface area (Å²) >= 11 is 3.46. The zero-order chi connectivity index (χ0) is 13.4. The molecule has 98 valence electrons. The van der Waals surface area contributed by atoms with E-state index in [2.05, 4.69) is 21.2 Å². The Kier molecular flexibility index (Phi) is 3.19. The van der Waals surface area contributed by atoms with Crippen molar-refractivity contribution in [1.29, 1.82) is 0 Å². The van der Waals surface area contributed by atoms with E-state index in [1.54, 1.807) is 6.07 Å². The summed E-state index contributed by atoms with van der Waals surface area (Å²) in [6, 6.07) is 12.6. The van der Waals surface area contributed by atoms with Crippen LogP contribution in [-0.4, -0.2) is 6.04 Å². The number of benzene rings is 2. The fourth-order valence-corrected chi connectivity index (χ4v) is 2.73. The van der Waals surface area contributed by atoms with Crippen LogP contribution in [0.25, 0.3) is 0 Å². The monoisotopic (exact) mass is 321 g/mol. The van der Waals surface area contributed by atoms with Gasteiger partial charge < -0.3 is 10.1 Å². The lowest BCUT2D eigenvalue weighted by Crippen LogP contribution is -2.32. The Hall–Kier alpha value is -1.55. The van der Waals surface area contributed by atoms with Gasteiger partial charge in [0.2, 0.25) is 0 Å². The molecular formula is C15H13BrFNO. The molecule has 0 spiro atoms. The molecule has 0 saturated heterocycles. The molecule has 0 amide bonds. The molecule has 0 radical (unpaired) electrons. The largest absolute Gasteiger partial charge is 0.481 e. The average molecular weight is 322 g/mol. The van der Waals surface area contributed by atoms with Crippen LogP contribution in [0, 0.1) is 5.82 Å². The molecule has 2 nitrogen and oxygen atoms in total. The lowest BCUT2D eigenvalue weighted by molar-refractivity contribution is 0.177. The molecule has 0 aromatic heterocycles. The Labute approximate surface area is 119 Å². The highest BCUT2D eigenvalue weighted by Gasteiger charge is 2.27. The molecule has 2 aromatic carbocycles. The van der Waals surface area contributed by atoms with Crippen molar-refractivity contribution in [2.24, 2.45) is 0 Å². The first-order valence-corrected chi connectivity index (χ1v) is 6.91. The van der Waals surface area contributed by atoms with Gasteiger partial charge in [0.1, 0.15) is 17.7 Å². The highest BCUT2D eigenvalue weighted by molar-refractivity contribution is 9.10. The van der Waals surface area contributed by atoms with Crippen molar-refractivity contribution >= 4 is 21.6 Å². The minimum absolute atomic E-state index is 0.0728. The summed E-state index contributed by atoms with van der Waals surface area (Å²) in [7, 11) is 0. The van der Waals surface area contributed by atoms with Crippen LogP contribution in [0.2, 0.25) is 0 Å². The fourth-order valence-electron chi connectivity index (χ4n) is 2.32. The van der Waals surface area contributed by atoms with Crippen molar-refractivity contribution in [3.05, 3.63) is 58.3 Å². The maximum atomic E-state index is 13.2. The van der Waals surface area contributed by atoms with E-state index in [1.807, 2.05) is 31.2 Å². The lowest BCUT2D eigenvalue weighted by atomic mass is 10.0. The number of fused-ring (bicyclic) bond motifs is 1. The quantitative estimate of drug-likeness (QED) is 0.833. The Bertz CT molecular complexity index is 617. The second-order valence-corrected chi connectivity index (χ2v) is 5.58. The molecule has 1 aliphatic rings. The number of ether oxygens (including phenoxy) is 1. The van der Waals surface area contributed by atoms with E-state index in [0.29, 0.717) is 11.4 Å². The SMILES string of the molecule is CC1Nc2cc(F)ccc2OC1c1cccc(Br)c1. The number of anilines is 1. The molecule has 0 saturated carbocycles. The average Bonchev–Trinajstić information content (AvgIpc) is 2.37. The lowest BCUT2D eigenvalue weighted by Gasteiger charge is -2.33. The van der Waals surface area contributed by atoms with Gasteiger partial charge in [0.25, 0.3) is 0 Å². The molecule has 2 unspecified atom stereocenters. The van der Waals surface area contributed by atoms with Crippen LogP contribution in [0.5, 0.6) is 5.75 Å². The van der Waals surface area contributed by atoms with Gasteiger partial charge in [-0.3, -0.25) is 0 Å². The Morgan fingerprint density at radius 2 is 2.05 bits per heavy atom. The minimum Gasteiger partial charge on any atom is -0.481 e. The van der Waals surface area contributed by atoms with E-state index < -0.39 is 0 Å². The number of nitrogens with one attached hydrogen (secondary N) is 1. The van der Waals surface area contributed by atoms with Crippen LogP contribution >= 0.6 is 15.9 Å². The third kappa shape index (κ3) is 2.45. The van der Waals surface area contributed by atoms with Gasteiger partial charge in [-0.2, -0.15) is 0 Å². The first-order valence-electron chi connectivity index (χ1n) is 6.12. The summed E-state index contributed by atoms with van der Waals surface area (Å²) in [4.78, 5) is 0. The topological polar surface area (TPSA) is 21.3 Å². The van der Waals surface area contributed by atoms with Crippen molar-refractivity contribution in [1.82, 2.24) is 0 Å². The summed E-state index contributed by atoms with van der Waals surface area (Å²) in [5, 5.41) is 3.29. The van der Waals surface area contributed by atoms with E-state index >= 15 is 0 Å². The molecule has 19 heavy (non-hydrogen) atoms. The maximum absolute atomic E-state index is 13.2. The van der Waals surface area contributed by atoms with Gasteiger partial charge in [0.05, 0.1) is 11.7 Å². The molecule has 0 fully saturated rings. The molecule has 1 heterocycles. The summed E-state index contributed by atoms with van der Waals surface area (Å²) in [5.41, 5.74) is 1.79. The van der Waals surface area contributed by atoms with Gasteiger partial charge in [-0.1, -0.05) is 28.1 Å². The second kappa shape index (κ2) is 4.85. The van der Waals surface area contributed by atoms with Crippen molar-refractivity contribution in [2.45, 2.75) is 19.1 Å². The predicted octanol–water partition coefficient (Wildman–Crippen LogP) is 4.52. The van der Waals surface area contributed by atoms with Crippen LogP contribution in [0.1, 0.15) is 18.6 Å². The third-order valence-corrected chi connectivity index (χ3v) is 3.70. The van der Waals surface area contributed by atoms with E-state index in [-0.39, 0.29) is 18.0 Å². The zero-order valence-corrected chi connectivity index (χ0v) is 11.9. The van der Waals surface area contributed by atoms with E-state index in [0.717, 1.165) is 10.0 Å². The summed E-state index contributed by atoms with van der Waals surface area (Å²) in [6.45, 7) is 2.03. The van der Waals surface area contributed by atoms with Gasteiger partial charge in [-0.05, 0) is 36.8 Å². The maximum Gasteiger partial charge on any atom is 0.144 e. The van der Waals surface area contributed by atoms with Crippen molar-refractivity contribution < 1.29 is 9.13 Å². The molecular weight excluding hydrogens is 309 g/mol. The van der Waals surface area contributed by atoms with Gasteiger partial charge in [0, 0.05) is 10.5 Å². The Balaban J connectivity index is 1.95. The van der Waals surface area contributed by atoms with Gasteiger partial charge in [-0.15, -0.1) is 0 Å². The second-order valence-electron chi connectivity index (χ2n) is 4.67. The standard InChI is InChI=1S/C15H13BrFNO/c1-9-15(10-3-2-4-11(16)7-10)19-14-6-5-12(17)8-13(14)18-9/h2-9,15,18H,1H3. The Morgan fingerprint density at radius 3 is 2.84 bits per heavy atom. The summed E-state index contributed by atoms with van der Waals surface area (Å²) in [5.74, 6) is 0.424. The van der Waals surface area contributed by atoms with Crippen LogP contribution in [-0.2, 0) is 0 Å². The highest BCUT2D eigenvalue weighted by atomic mass is 79.9. The first kappa shape index (κ1) is 12.5. The van der Waals surface area contributed by atoms with Crippen molar-refractivity contribution in [3.63, 3.8) is 0 Å². The molecule has 1 aliphatic heterocycles. The van der Waals surface area contributed by atoms with E-state index in [4.69, 9.17) is 4.74 Å². The zero-order valence-electron chi connectivity index (χ0n) is 10.4. The third-order valence-electron chi connectivity index (χ3n) is 3.21. The summed E-state index contributed by atoms with van der Waals surface area (Å²) < 4.78 is 20.2. The van der Waals surface area contributed by atoms with Crippen LogP contribution in [0.4, 0.5) is 10.1 Å². The molecule has 0 bridgehead atoms. The molecule has 3 rings (SSSR count). The number of hydrogen-bond donors (Lipinski definition) is 1. The number of hydrogen-bond acceptors (Lipinski definition) is 2. The smallest absolute Gasteiger partial charge is 0.144 e. The van der Waals surface area contributed by atoms with E-state index in [9.17, 15) is 4.39 Å². The van der Waals surface area contributed by atoms with Crippen molar-refractivity contribution in [2.75, 3.05) is 5.32 Å².